The van der Waals surface area contributed by atoms with Crippen molar-refractivity contribution in [3.05, 3.63) is 64.6 Å². The molecule has 2 aromatic carbocycles. The lowest BCUT2D eigenvalue weighted by Gasteiger charge is -2.03. The highest BCUT2D eigenvalue weighted by Gasteiger charge is 2.01. The maximum absolute atomic E-state index is 10.9. The lowest BCUT2D eigenvalue weighted by Crippen LogP contribution is -1.97. The molecule has 0 aliphatic rings. The summed E-state index contributed by atoms with van der Waals surface area (Å²) >= 11 is 5.00. The average Bonchev–Trinajstić information content (AvgIpc) is 2.40. The van der Waals surface area contributed by atoms with Gasteiger partial charge in [0.2, 0.25) is 0 Å². The molecule has 0 N–H and O–H groups in total. The highest BCUT2D eigenvalue weighted by Crippen LogP contribution is 2.20. The van der Waals surface area contributed by atoms with Crippen molar-refractivity contribution < 1.29 is 4.79 Å². The van der Waals surface area contributed by atoms with Gasteiger partial charge in [-0.2, -0.15) is 0 Å². The van der Waals surface area contributed by atoms with Gasteiger partial charge in [0.1, 0.15) is 5.78 Å². The van der Waals surface area contributed by atoms with E-state index >= 15 is 0 Å². The number of carbonyl (C=O) groups excluding carboxylic acids is 1. The first kappa shape index (κ1) is 16.0. The van der Waals surface area contributed by atoms with Gasteiger partial charge < -0.3 is 0 Å². The number of Topliss-reactive ketones (excluding diaryl/α,β-unsaturated/α-hetero) is 1. The number of hydrogen-bond donors (Lipinski definition) is 0. The number of ketones is 1. The van der Waals surface area contributed by atoms with Gasteiger partial charge in [-0.1, -0.05) is 52.3 Å². The van der Waals surface area contributed by atoms with E-state index in [0.29, 0.717) is 6.42 Å². The Kier molecular flexibility index (Phi) is 7.53. The fourth-order valence-corrected chi connectivity index (χ4v) is 2.45. The summed E-state index contributed by atoms with van der Waals surface area (Å²) in [5.41, 5.74) is 1.14. The largest absolute Gasteiger partial charge is 0.300 e. The minimum atomic E-state index is 0.219. The van der Waals surface area contributed by atoms with E-state index in [-0.39, 0.29) is 5.78 Å². The number of rotatable bonds is 3. The van der Waals surface area contributed by atoms with E-state index in [0.717, 1.165) is 10.0 Å². The van der Waals surface area contributed by atoms with Gasteiger partial charge in [0.05, 0.1) is 0 Å². The zero-order chi connectivity index (χ0) is 14.1. The molecule has 100 valence electrons. The van der Waals surface area contributed by atoms with Gasteiger partial charge in [-0.05, 0) is 36.9 Å². The Hall–Kier alpha value is -1.06. The molecule has 0 saturated heterocycles. The summed E-state index contributed by atoms with van der Waals surface area (Å²) in [6, 6.07) is 18.0. The lowest BCUT2D eigenvalue weighted by atomic mass is 10.1. The molecule has 0 atom stereocenters. The van der Waals surface area contributed by atoms with Crippen LogP contribution in [0.1, 0.15) is 12.5 Å². The Morgan fingerprint density at radius 1 is 1.05 bits per heavy atom. The normalized spacial score (nSPS) is 9.42. The van der Waals surface area contributed by atoms with Crippen molar-refractivity contribution in [1.29, 1.82) is 0 Å². The molecule has 0 spiro atoms. The summed E-state index contributed by atoms with van der Waals surface area (Å²) < 4.78 is 1.13. The first-order valence-electron chi connectivity index (χ1n) is 5.95. The third kappa shape index (κ3) is 6.60. The van der Waals surface area contributed by atoms with Gasteiger partial charge in [0.15, 0.2) is 0 Å². The van der Waals surface area contributed by atoms with Crippen molar-refractivity contribution in [3.63, 3.8) is 0 Å². The van der Waals surface area contributed by atoms with Crippen molar-refractivity contribution in [2.75, 3.05) is 6.26 Å². The zero-order valence-electron chi connectivity index (χ0n) is 11.1. The zero-order valence-corrected chi connectivity index (χ0v) is 13.5. The highest BCUT2D eigenvalue weighted by molar-refractivity contribution is 9.10. The molecule has 0 bridgehead atoms. The molecule has 0 unspecified atom stereocenters. The predicted octanol–water partition coefficient (Wildman–Crippen LogP) is 4.99. The van der Waals surface area contributed by atoms with E-state index in [4.69, 9.17) is 0 Å². The number of thioether (sulfide) groups is 1. The van der Waals surface area contributed by atoms with Crippen molar-refractivity contribution in [2.45, 2.75) is 18.2 Å². The van der Waals surface area contributed by atoms with E-state index in [9.17, 15) is 4.79 Å². The molecule has 0 aliphatic carbocycles. The molecule has 0 fully saturated rings. The van der Waals surface area contributed by atoms with E-state index < -0.39 is 0 Å². The van der Waals surface area contributed by atoms with Crippen LogP contribution in [0.25, 0.3) is 0 Å². The molecule has 0 radical (unpaired) electrons. The summed E-state index contributed by atoms with van der Waals surface area (Å²) in [4.78, 5) is 12.1. The molecule has 2 rings (SSSR count). The molecule has 0 amide bonds. The van der Waals surface area contributed by atoms with Crippen LogP contribution in [-0.2, 0) is 11.2 Å². The number of carbonyl (C=O) groups is 1. The number of benzene rings is 2. The molecule has 3 heteroatoms. The Labute approximate surface area is 127 Å². The van der Waals surface area contributed by atoms with Gasteiger partial charge in [0.25, 0.3) is 0 Å². The molecule has 0 aromatic heterocycles. The van der Waals surface area contributed by atoms with Gasteiger partial charge >= 0.3 is 0 Å². The summed E-state index contributed by atoms with van der Waals surface area (Å²) in [5, 5.41) is 0. The van der Waals surface area contributed by atoms with E-state index in [1.807, 2.05) is 60.9 Å². The molecule has 0 saturated carbocycles. The van der Waals surface area contributed by atoms with Crippen LogP contribution in [0.4, 0.5) is 0 Å². The van der Waals surface area contributed by atoms with E-state index in [2.05, 4.69) is 15.9 Å². The summed E-state index contributed by atoms with van der Waals surface area (Å²) in [7, 11) is 0. The Balaban J connectivity index is 0.000000218. The van der Waals surface area contributed by atoms with E-state index in [1.54, 1.807) is 18.7 Å². The Morgan fingerprint density at radius 3 is 2.11 bits per heavy atom. The summed E-state index contributed by atoms with van der Waals surface area (Å²) in [6.07, 6.45) is 2.58. The Morgan fingerprint density at radius 2 is 1.63 bits per heavy atom. The standard InChI is InChI=1S/C10H12OS.C6H5Br/c1-8(11)7-9-5-3-4-6-10(9)12-2;7-6-4-2-1-3-5-6/h3-6H,7H2,1-2H3;1-5H. The molecule has 0 aliphatic heterocycles. The van der Waals surface area contributed by atoms with Gasteiger partial charge in [0, 0.05) is 15.8 Å². The van der Waals surface area contributed by atoms with Crippen LogP contribution < -0.4 is 0 Å². The minimum Gasteiger partial charge on any atom is -0.300 e. The fraction of sp³-hybridized carbons (Fsp3) is 0.188. The number of hydrogen-bond acceptors (Lipinski definition) is 2. The Bertz CT molecular complexity index is 511. The fourth-order valence-electron chi connectivity index (χ4n) is 1.53. The van der Waals surface area contributed by atoms with Crippen LogP contribution in [0, 0.1) is 0 Å². The van der Waals surface area contributed by atoms with Crippen LogP contribution in [0.5, 0.6) is 0 Å². The SMILES string of the molecule is Brc1ccccc1.CSc1ccccc1CC(C)=O. The third-order valence-corrected chi connectivity index (χ3v) is 3.73. The van der Waals surface area contributed by atoms with E-state index in [1.165, 1.54) is 4.90 Å². The number of halogens is 1. The van der Waals surface area contributed by atoms with Crippen LogP contribution >= 0.6 is 27.7 Å². The second-order valence-electron chi connectivity index (χ2n) is 3.99. The van der Waals surface area contributed by atoms with Gasteiger partial charge in [-0.15, -0.1) is 11.8 Å². The average molecular weight is 337 g/mol. The highest BCUT2D eigenvalue weighted by atomic mass is 79.9. The lowest BCUT2D eigenvalue weighted by molar-refractivity contribution is -0.116. The van der Waals surface area contributed by atoms with Crippen molar-refractivity contribution in [2.24, 2.45) is 0 Å². The second-order valence-corrected chi connectivity index (χ2v) is 5.75. The van der Waals surface area contributed by atoms with Crippen LogP contribution in [0.2, 0.25) is 0 Å². The molecule has 19 heavy (non-hydrogen) atoms. The van der Waals surface area contributed by atoms with Gasteiger partial charge in [-0.3, -0.25) is 4.79 Å². The summed E-state index contributed by atoms with van der Waals surface area (Å²) in [6.45, 7) is 1.62. The van der Waals surface area contributed by atoms with Crippen molar-refractivity contribution in [1.82, 2.24) is 0 Å². The quantitative estimate of drug-likeness (QED) is 0.734. The van der Waals surface area contributed by atoms with Crippen LogP contribution in [0.15, 0.2) is 64.0 Å². The molecule has 1 nitrogen and oxygen atoms in total. The maximum Gasteiger partial charge on any atom is 0.134 e. The first-order chi connectivity index (χ1) is 9.13. The maximum atomic E-state index is 10.9. The summed E-state index contributed by atoms with van der Waals surface area (Å²) in [5.74, 6) is 0.219. The molecule has 2 aromatic rings. The third-order valence-electron chi connectivity index (χ3n) is 2.37. The molecular weight excluding hydrogens is 320 g/mol. The molecular formula is C16H17BrOS. The second kappa shape index (κ2) is 8.94. The minimum absolute atomic E-state index is 0.219. The van der Waals surface area contributed by atoms with Crippen molar-refractivity contribution >= 4 is 33.5 Å². The van der Waals surface area contributed by atoms with Crippen LogP contribution in [-0.4, -0.2) is 12.0 Å². The topological polar surface area (TPSA) is 17.1 Å². The van der Waals surface area contributed by atoms with Crippen LogP contribution in [0.3, 0.4) is 0 Å². The smallest absolute Gasteiger partial charge is 0.134 e. The van der Waals surface area contributed by atoms with Gasteiger partial charge in [-0.25, -0.2) is 0 Å². The molecule has 0 heterocycles. The monoisotopic (exact) mass is 336 g/mol. The predicted molar refractivity (Wildman–Crippen MR) is 86.8 cm³/mol. The van der Waals surface area contributed by atoms with Crippen molar-refractivity contribution in [3.8, 4) is 0 Å². The first-order valence-corrected chi connectivity index (χ1v) is 7.97.